The van der Waals surface area contributed by atoms with Gasteiger partial charge in [-0.15, -0.1) is 0 Å². The zero-order valence-corrected chi connectivity index (χ0v) is 7.59. The first-order valence-electron chi connectivity index (χ1n) is 4.37. The van der Waals surface area contributed by atoms with Crippen molar-refractivity contribution >= 4 is 0 Å². The topological polar surface area (TPSA) is 79.2 Å². The Kier molecular flexibility index (Phi) is 4.08. The summed E-state index contributed by atoms with van der Waals surface area (Å²) in [6.07, 6.45) is -2.09. The van der Waals surface area contributed by atoms with E-state index in [4.69, 9.17) is 19.7 Å². The summed E-state index contributed by atoms with van der Waals surface area (Å²) in [4.78, 5) is 0. The molecule has 0 aromatic carbocycles. The van der Waals surface area contributed by atoms with E-state index in [1.165, 1.54) is 0 Å². The lowest BCUT2D eigenvalue weighted by atomic mass is 10.1. The van der Waals surface area contributed by atoms with Crippen LogP contribution >= 0.6 is 0 Å². The van der Waals surface area contributed by atoms with Crippen LogP contribution in [0.5, 0.6) is 0 Å². The second kappa shape index (κ2) is 4.88. The fraction of sp³-hybridized carbons (Fsp3) is 1.00. The highest BCUT2D eigenvalue weighted by atomic mass is 16.6. The van der Waals surface area contributed by atoms with Crippen LogP contribution < -0.4 is 0 Å². The highest BCUT2D eigenvalue weighted by molar-refractivity contribution is 4.89. The first-order chi connectivity index (χ1) is 6.20. The molecule has 1 heterocycles. The average Bonchev–Trinajstić information content (AvgIpc) is 2.39. The first kappa shape index (κ1) is 10.9. The van der Waals surface area contributed by atoms with E-state index in [0.29, 0.717) is 0 Å². The summed E-state index contributed by atoms with van der Waals surface area (Å²) < 4.78 is 10.4. The van der Waals surface area contributed by atoms with E-state index in [-0.39, 0.29) is 25.9 Å². The number of hydrogen-bond donors (Lipinski definition) is 3. The third-order valence-corrected chi connectivity index (χ3v) is 2.15. The molecule has 1 rings (SSSR count). The fourth-order valence-electron chi connectivity index (χ4n) is 1.50. The van der Waals surface area contributed by atoms with E-state index < -0.39 is 18.3 Å². The van der Waals surface area contributed by atoms with Gasteiger partial charge in [0.1, 0.15) is 18.3 Å². The first-order valence-corrected chi connectivity index (χ1v) is 4.37. The Labute approximate surface area is 76.9 Å². The highest BCUT2D eigenvalue weighted by Crippen LogP contribution is 2.23. The average molecular weight is 192 g/mol. The molecule has 3 N–H and O–H groups in total. The van der Waals surface area contributed by atoms with Crippen LogP contribution in [0.25, 0.3) is 0 Å². The quantitative estimate of drug-likeness (QED) is 0.505. The maximum atomic E-state index is 9.55. The van der Waals surface area contributed by atoms with Gasteiger partial charge in [-0.1, -0.05) is 0 Å². The van der Waals surface area contributed by atoms with Gasteiger partial charge in [-0.05, 0) is 6.92 Å². The second-order valence-electron chi connectivity index (χ2n) is 3.11. The van der Waals surface area contributed by atoms with E-state index in [2.05, 4.69) is 0 Å². The molecule has 0 saturated carbocycles. The van der Waals surface area contributed by atoms with Gasteiger partial charge in [-0.2, -0.15) is 0 Å². The lowest BCUT2D eigenvalue weighted by molar-refractivity contribution is -0.0434. The molecule has 1 aliphatic heterocycles. The van der Waals surface area contributed by atoms with Crippen molar-refractivity contribution in [2.45, 2.75) is 31.3 Å². The Bertz CT molecular complexity index is 151. The molecular formula is C8H16O5. The summed E-state index contributed by atoms with van der Waals surface area (Å²) in [7, 11) is 0. The van der Waals surface area contributed by atoms with Gasteiger partial charge in [-0.25, -0.2) is 0 Å². The van der Waals surface area contributed by atoms with E-state index in [1.54, 1.807) is 6.92 Å². The molecule has 5 heteroatoms. The monoisotopic (exact) mass is 192 g/mol. The number of aliphatic hydroxyl groups is 3. The van der Waals surface area contributed by atoms with Gasteiger partial charge >= 0.3 is 0 Å². The molecule has 1 saturated heterocycles. The Balaban J connectivity index is 2.44. The predicted molar refractivity (Wildman–Crippen MR) is 44.3 cm³/mol. The minimum Gasteiger partial charge on any atom is -0.394 e. The SMILES string of the molecule is C[C@@H]1O[C@H](CO)C(O)[C@@H]1OCCO. The predicted octanol–water partition coefficient (Wildman–Crippen LogP) is -1.50. The van der Waals surface area contributed by atoms with Gasteiger partial charge in [0.05, 0.1) is 25.9 Å². The molecule has 4 atom stereocenters. The third kappa shape index (κ3) is 2.38. The van der Waals surface area contributed by atoms with E-state index in [9.17, 15) is 5.11 Å². The van der Waals surface area contributed by atoms with Crippen molar-refractivity contribution in [3.05, 3.63) is 0 Å². The molecule has 1 unspecified atom stereocenters. The van der Waals surface area contributed by atoms with Crippen molar-refractivity contribution in [1.82, 2.24) is 0 Å². The molecule has 1 fully saturated rings. The van der Waals surface area contributed by atoms with E-state index in [0.717, 1.165) is 0 Å². The molecule has 78 valence electrons. The van der Waals surface area contributed by atoms with Gasteiger partial charge in [0, 0.05) is 0 Å². The van der Waals surface area contributed by atoms with Crippen LogP contribution in [-0.4, -0.2) is 59.6 Å². The highest BCUT2D eigenvalue weighted by Gasteiger charge is 2.41. The van der Waals surface area contributed by atoms with Crippen LogP contribution in [0.15, 0.2) is 0 Å². The summed E-state index contributed by atoms with van der Waals surface area (Å²) in [5.41, 5.74) is 0. The van der Waals surface area contributed by atoms with Gasteiger partial charge in [0.2, 0.25) is 0 Å². The van der Waals surface area contributed by atoms with Crippen LogP contribution in [0.2, 0.25) is 0 Å². The van der Waals surface area contributed by atoms with Gasteiger partial charge < -0.3 is 24.8 Å². The fourth-order valence-corrected chi connectivity index (χ4v) is 1.50. The Hall–Kier alpha value is -0.200. The lowest BCUT2D eigenvalue weighted by Crippen LogP contribution is -2.36. The van der Waals surface area contributed by atoms with Gasteiger partial charge in [0.25, 0.3) is 0 Å². The van der Waals surface area contributed by atoms with Crippen molar-refractivity contribution in [2.24, 2.45) is 0 Å². The summed E-state index contributed by atoms with van der Waals surface area (Å²) in [5, 5.41) is 26.9. The van der Waals surface area contributed by atoms with Gasteiger partial charge in [-0.3, -0.25) is 0 Å². The van der Waals surface area contributed by atoms with Crippen LogP contribution in [0, 0.1) is 0 Å². The Morgan fingerprint density at radius 3 is 2.54 bits per heavy atom. The summed E-state index contributed by atoms with van der Waals surface area (Å²) in [6, 6.07) is 0. The van der Waals surface area contributed by atoms with Crippen molar-refractivity contribution in [3.63, 3.8) is 0 Å². The second-order valence-corrected chi connectivity index (χ2v) is 3.11. The number of rotatable bonds is 4. The number of hydrogen-bond acceptors (Lipinski definition) is 5. The van der Waals surface area contributed by atoms with Gasteiger partial charge in [0.15, 0.2) is 0 Å². The number of ether oxygens (including phenoxy) is 2. The molecule has 13 heavy (non-hydrogen) atoms. The standard InChI is InChI=1S/C8H16O5/c1-5-8(12-3-2-9)7(11)6(4-10)13-5/h5-11H,2-4H2,1H3/t5-,6+,7?,8+/m0/s1. The zero-order valence-electron chi connectivity index (χ0n) is 7.59. The normalized spacial score (nSPS) is 39.7. The minimum atomic E-state index is -0.813. The van der Waals surface area contributed by atoms with Crippen molar-refractivity contribution in [1.29, 1.82) is 0 Å². The molecule has 0 aromatic heterocycles. The molecule has 0 aromatic rings. The van der Waals surface area contributed by atoms with Crippen LogP contribution in [0.1, 0.15) is 6.92 Å². The van der Waals surface area contributed by atoms with Crippen LogP contribution in [0.3, 0.4) is 0 Å². The maximum absolute atomic E-state index is 9.55. The Morgan fingerprint density at radius 2 is 2.08 bits per heavy atom. The smallest absolute Gasteiger partial charge is 0.112 e. The molecule has 0 amide bonds. The third-order valence-electron chi connectivity index (χ3n) is 2.15. The molecule has 5 nitrogen and oxygen atoms in total. The zero-order chi connectivity index (χ0) is 9.84. The largest absolute Gasteiger partial charge is 0.394 e. The van der Waals surface area contributed by atoms with E-state index >= 15 is 0 Å². The van der Waals surface area contributed by atoms with Crippen molar-refractivity contribution < 1.29 is 24.8 Å². The molecular weight excluding hydrogens is 176 g/mol. The molecule has 1 aliphatic rings. The van der Waals surface area contributed by atoms with Crippen LogP contribution in [-0.2, 0) is 9.47 Å². The minimum absolute atomic E-state index is 0.0836. The molecule has 0 bridgehead atoms. The van der Waals surface area contributed by atoms with Crippen molar-refractivity contribution in [2.75, 3.05) is 19.8 Å². The molecule has 0 radical (unpaired) electrons. The molecule has 0 spiro atoms. The summed E-state index contributed by atoms with van der Waals surface area (Å²) in [5.74, 6) is 0. The lowest BCUT2D eigenvalue weighted by Gasteiger charge is -2.17. The summed E-state index contributed by atoms with van der Waals surface area (Å²) >= 11 is 0. The van der Waals surface area contributed by atoms with E-state index in [1.807, 2.05) is 0 Å². The molecule has 0 aliphatic carbocycles. The van der Waals surface area contributed by atoms with Crippen LogP contribution in [0.4, 0.5) is 0 Å². The number of aliphatic hydroxyl groups excluding tert-OH is 3. The van der Waals surface area contributed by atoms with Crippen molar-refractivity contribution in [3.8, 4) is 0 Å². The Morgan fingerprint density at radius 1 is 1.38 bits per heavy atom. The maximum Gasteiger partial charge on any atom is 0.112 e. The summed E-state index contributed by atoms with van der Waals surface area (Å²) in [6.45, 7) is 1.64.